The number of fused-ring (bicyclic) bond motifs is 12. The molecule has 4 nitrogen and oxygen atoms in total. The van der Waals surface area contributed by atoms with Crippen molar-refractivity contribution in [3.8, 4) is 17.2 Å². The van der Waals surface area contributed by atoms with Crippen LogP contribution in [0.3, 0.4) is 0 Å². The van der Waals surface area contributed by atoms with E-state index < -0.39 is 0 Å². The van der Waals surface area contributed by atoms with Gasteiger partial charge < -0.3 is 4.57 Å². The molecule has 10 aromatic rings. The van der Waals surface area contributed by atoms with Crippen LogP contribution in [0.4, 0.5) is 0 Å². The van der Waals surface area contributed by atoms with E-state index in [-0.39, 0.29) is 6.04 Å². The van der Waals surface area contributed by atoms with Crippen molar-refractivity contribution in [1.82, 2.24) is 19.1 Å². The van der Waals surface area contributed by atoms with Crippen LogP contribution in [0, 0.1) is 0 Å². The zero-order valence-corrected chi connectivity index (χ0v) is 27.2. The van der Waals surface area contributed by atoms with Gasteiger partial charge in [0, 0.05) is 58.2 Å². The van der Waals surface area contributed by atoms with E-state index in [0.717, 1.165) is 40.0 Å². The molecule has 0 amide bonds. The Kier molecular flexibility index (Phi) is 5.63. The molecule has 0 fully saturated rings. The lowest BCUT2D eigenvalue weighted by molar-refractivity contribution is 0.648. The van der Waals surface area contributed by atoms with Crippen LogP contribution in [0.15, 0.2) is 152 Å². The number of aromatic nitrogens is 4. The Morgan fingerprint density at radius 2 is 1.31 bits per heavy atom. The first kappa shape index (κ1) is 27.0. The van der Waals surface area contributed by atoms with Crippen LogP contribution in [-0.4, -0.2) is 19.1 Å². The molecule has 0 spiro atoms. The fourth-order valence-corrected chi connectivity index (χ4v) is 9.28. The molecule has 1 aliphatic rings. The number of para-hydroxylation sites is 2. The molecule has 0 radical (unpaired) electrons. The van der Waals surface area contributed by atoms with Crippen molar-refractivity contribution in [2.45, 2.75) is 12.5 Å². The second-order valence-corrected chi connectivity index (χ2v) is 14.0. The molecule has 0 bridgehead atoms. The number of hydrogen-bond acceptors (Lipinski definition) is 3. The Morgan fingerprint density at radius 1 is 0.551 bits per heavy atom. The van der Waals surface area contributed by atoms with Gasteiger partial charge in [-0.25, -0.2) is 9.97 Å². The van der Waals surface area contributed by atoms with Crippen molar-refractivity contribution in [3.63, 3.8) is 0 Å². The van der Waals surface area contributed by atoms with Crippen molar-refractivity contribution in [3.05, 3.63) is 152 Å². The first-order valence-electron chi connectivity index (χ1n) is 16.8. The Labute approximate surface area is 285 Å². The van der Waals surface area contributed by atoms with Gasteiger partial charge in [-0.3, -0.25) is 4.57 Å². The summed E-state index contributed by atoms with van der Waals surface area (Å²) in [7, 11) is 0. The number of rotatable bonds is 3. The Hall–Kier alpha value is -6.04. The van der Waals surface area contributed by atoms with Gasteiger partial charge in [0.1, 0.15) is 5.82 Å². The Bertz CT molecular complexity index is 3030. The van der Waals surface area contributed by atoms with Crippen molar-refractivity contribution in [2.24, 2.45) is 0 Å². The molecule has 5 heteroatoms. The maximum atomic E-state index is 5.44. The first-order chi connectivity index (χ1) is 24.3. The first-order valence-corrected chi connectivity index (χ1v) is 17.6. The molecule has 6 aromatic carbocycles. The van der Waals surface area contributed by atoms with Gasteiger partial charge in [0.2, 0.25) is 0 Å². The number of nitrogens with zero attached hydrogens (tertiary/aromatic N) is 4. The summed E-state index contributed by atoms with van der Waals surface area (Å²) < 4.78 is 7.55. The average molecular weight is 645 g/mol. The van der Waals surface area contributed by atoms with Crippen LogP contribution in [0.5, 0.6) is 0 Å². The van der Waals surface area contributed by atoms with Gasteiger partial charge in [-0.2, -0.15) is 0 Å². The van der Waals surface area contributed by atoms with Gasteiger partial charge in [-0.1, -0.05) is 109 Å². The molecule has 230 valence electrons. The van der Waals surface area contributed by atoms with E-state index in [2.05, 4.69) is 155 Å². The van der Waals surface area contributed by atoms with Crippen LogP contribution in [0.25, 0.3) is 91.9 Å². The zero-order valence-electron chi connectivity index (χ0n) is 26.4. The van der Waals surface area contributed by atoms with Gasteiger partial charge in [0.25, 0.3) is 0 Å². The highest BCUT2D eigenvalue weighted by Gasteiger charge is 2.25. The maximum Gasteiger partial charge on any atom is 0.162 e. The summed E-state index contributed by atoms with van der Waals surface area (Å²) in [4.78, 5) is 10.5. The van der Waals surface area contributed by atoms with Crippen molar-refractivity contribution < 1.29 is 0 Å². The van der Waals surface area contributed by atoms with Crippen molar-refractivity contribution in [2.75, 3.05) is 0 Å². The molecule has 4 heterocycles. The highest BCUT2D eigenvalue weighted by Crippen LogP contribution is 2.47. The third-order valence-corrected chi connectivity index (χ3v) is 11.4. The third kappa shape index (κ3) is 3.79. The summed E-state index contributed by atoms with van der Waals surface area (Å²) in [5, 5.41) is 8.64. The Balaban J connectivity index is 1.38. The summed E-state index contributed by atoms with van der Waals surface area (Å²) in [5.74, 6) is 1.62. The topological polar surface area (TPSA) is 35.6 Å². The number of hydrogen-bond donors (Lipinski definition) is 0. The minimum atomic E-state index is 0.255. The molecule has 11 rings (SSSR count). The van der Waals surface area contributed by atoms with Crippen LogP contribution in [0.2, 0.25) is 0 Å². The molecule has 4 aromatic heterocycles. The minimum absolute atomic E-state index is 0.255. The molecular formula is C44H28N4S. The molecule has 0 aliphatic heterocycles. The maximum absolute atomic E-state index is 5.44. The largest absolute Gasteiger partial charge is 0.333 e. The van der Waals surface area contributed by atoms with E-state index in [4.69, 9.17) is 9.97 Å². The summed E-state index contributed by atoms with van der Waals surface area (Å²) in [5.41, 5.74) is 6.79. The number of thiophene rings is 1. The van der Waals surface area contributed by atoms with E-state index >= 15 is 0 Å². The minimum Gasteiger partial charge on any atom is -0.333 e. The fraction of sp³-hybridized carbons (Fsp3) is 0.0455. The lowest BCUT2D eigenvalue weighted by Crippen LogP contribution is -2.06. The summed E-state index contributed by atoms with van der Waals surface area (Å²) in [6.07, 6.45) is 9.92. The van der Waals surface area contributed by atoms with Gasteiger partial charge in [0.05, 0.1) is 28.1 Å². The van der Waals surface area contributed by atoms with Crippen LogP contribution in [0.1, 0.15) is 12.5 Å². The normalized spacial score (nSPS) is 14.9. The second kappa shape index (κ2) is 10.2. The molecule has 0 saturated carbocycles. The molecule has 49 heavy (non-hydrogen) atoms. The summed E-state index contributed by atoms with van der Waals surface area (Å²) >= 11 is 1.86. The SMILES string of the molecule is C1=CCC(n2c3ccccc3c3c4c5ccc6sc7ccccc7c6c5n(-c5nc(-c6ccccc6)nc6ccccc56)c4ccc32)C=C1. The van der Waals surface area contributed by atoms with Gasteiger partial charge in [0.15, 0.2) is 5.82 Å². The summed E-state index contributed by atoms with van der Waals surface area (Å²) in [6.45, 7) is 0. The number of benzene rings is 6. The lowest BCUT2D eigenvalue weighted by Gasteiger charge is -2.18. The molecule has 1 aliphatic carbocycles. The number of allylic oxidation sites excluding steroid dienone is 4. The van der Waals surface area contributed by atoms with Gasteiger partial charge >= 0.3 is 0 Å². The van der Waals surface area contributed by atoms with Crippen molar-refractivity contribution in [1.29, 1.82) is 0 Å². The van der Waals surface area contributed by atoms with E-state index in [1.165, 1.54) is 58.3 Å². The quantitative estimate of drug-likeness (QED) is 0.192. The predicted octanol–water partition coefficient (Wildman–Crippen LogP) is 11.9. The van der Waals surface area contributed by atoms with Crippen LogP contribution in [-0.2, 0) is 0 Å². The van der Waals surface area contributed by atoms with E-state index in [1.807, 2.05) is 17.4 Å². The molecule has 0 N–H and O–H groups in total. The Morgan fingerprint density at radius 3 is 2.18 bits per heavy atom. The predicted molar refractivity (Wildman–Crippen MR) is 207 cm³/mol. The second-order valence-electron chi connectivity index (χ2n) is 12.9. The standard InChI is InChI=1S/C44H28N4S/c1-3-13-27(14-4-1)43-45-33-20-10-7-17-29(33)44(46-43)48-36-25-24-35-39(30-18-8-11-21-34(30)47(35)28-15-5-2-6-16-28)40(36)32-23-26-38-41(42(32)48)31-19-9-12-22-37(31)49-38/h1-15,17-26,28H,16H2. The van der Waals surface area contributed by atoms with E-state index in [9.17, 15) is 0 Å². The zero-order chi connectivity index (χ0) is 32.1. The summed E-state index contributed by atoms with van der Waals surface area (Å²) in [6, 6.07) is 46.1. The highest BCUT2D eigenvalue weighted by atomic mass is 32.1. The fourth-order valence-electron chi connectivity index (χ4n) is 8.17. The van der Waals surface area contributed by atoms with Crippen LogP contribution < -0.4 is 0 Å². The van der Waals surface area contributed by atoms with Gasteiger partial charge in [-0.05, 0) is 48.9 Å². The van der Waals surface area contributed by atoms with E-state index in [0.29, 0.717) is 0 Å². The van der Waals surface area contributed by atoms with Gasteiger partial charge in [-0.15, -0.1) is 11.3 Å². The lowest BCUT2D eigenvalue weighted by atomic mass is 10.0. The molecule has 0 saturated heterocycles. The van der Waals surface area contributed by atoms with E-state index in [1.54, 1.807) is 0 Å². The third-order valence-electron chi connectivity index (χ3n) is 10.2. The van der Waals surface area contributed by atoms with Crippen molar-refractivity contribution >= 4 is 86.0 Å². The molecule has 1 atom stereocenters. The molecular weight excluding hydrogens is 617 g/mol. The molecule has 1 unspecified atom stereocenters. The monoisotopic (exact) mass is 644 g/mol. The average Bonchev–Trinajstić information content (AvgIpc) is 3.82. The smallest absolute Gasteiger partial charge is 0.162 e. The highest BCUT2D eigenvalue weighted by molar-refractivity contribution is 7.26. The van der Waals surface area contributed by atoms with Crippen LogP contribution >= 0.6 is 11.3 Å².